The van der Waals surface area contributed by atoms with E-state index in [1.807, 2.05) is 0 Å². The lowest BCUT2D eigenvalue weighted by Crippen LogP contribution is -2.03. The van der Waals surface area contributed by atoms with E-state index in [4.69, 9.17) is 0 Å². The number of hydrogen-bond donors (Lipinski definition) is 0. The molecule has 0 bridgehead atoms. The predicted molar refractivity (Wildman–Crippen MR) is 19.2 cm³/mol. The van der Waals surface area contributed by atoms with Crippen molar-refractivity contribution in [3.63, 3.8) is 0 Å². The van der Waals surface area contributed by atoms with Crippen LogP contribution in [0.4, 0.5) is 4.53 Å². The smallest absolute Gasteiger partial charge is 0.221 e. The van der Waals surface area contributed by atoms with Crippen LogP contribution in [0.5, 0.6) is 0 Å². The summed E-state index contributed by atoms with van der Waals surface area (Å²) >= 11 is 0. The van der Waals surface area contributed by atoms with Crippen LogP contribution in [-0.2, 0) is 24.0 Å². The highest BCUT2D eigenvalue weighted by atomic mass is 32.3. The molecule has 0 fully saturated rings. The molecular weight excluding hydrogens is 143 g/mol. The summed E-state index contributed by atoms with van der Waals surface area (Å²) in [6, 6.07) is 0. The monoisotopic (exact) mass is 146 g/mol. The van der Waals surface area contributed by atoms with Gasteiger partial charge in [0, 0.05) is 0 Å². The first-order valence-electron chi connectivity index (χ1n) is 1.40. The van der Waals surface area contributed by atoms with Crippen molar-refractivity contribution < 1.29 is 26.6 Å². The molecule has 0 aliphatic carbocycles. The molecule has 50 valence electrons. The van der Waals surface area contributed by atoms with Gasteiger partial charge >= 0.3 is 10.4 Å². The molecule has 0 amide bonds. The van der Waals surface area contributed by atoms with Gasteiger partial charge in [-0.1, -0.05) is 4.33 Å². The molecule has 8 heavy (non-hydrogen) atoms. The molecule has 0 saturated heterocycles. The van der Waals surface area contributed by atoms with E-state index in [9.17, 15) is 12.9 Å². The lowest BCUT2D eigenvalue weighted by molar-refractivity contribution is -0.195. The highest BCUT2D eigenvalue weighted by molar-refractivity contribution is 7.81. The third kappa shape index (κ3) is 2.86. The van der Waals surface area contributed by atoms with Crippen LogP contribution in [0.25, 0.3) is 0 Å². The van der Waals surface area contributed by atoms with E-state index in [1.165, 1.54) is 0 Å². The Balaban J connectivity index is 3.76. The molecule has 0 spiro atoms. The van der Waals surface area contributed by atoms with E-state index in [2.05, 4.69) is 13.6 Å². The Labute approximate surface area is 45.1 Å². The number of rotatable bonds is 3. The van der Waals surface area contributed by atoms with Crippen molar-refractivity contribution in [3.8, 4) is 0 Å². The average molecular weight is 146 g/mol. The second kappa shape index (κ2) is 2.92. The van der Waals surface area contributed by atoms with E-state index < -0.39 is 10.4 Å². The topological polar surface area (TPSA) is 61.8 Å². The fourth-order valence-corrected chi connectivity index (χ4v) is 0.281. The zero-order valence-corrected chi connectivity index (χ0v) is 4.64. The van der Waals surface area contributed by atoms with Crippen LogP contribution in [0.1, 0.15) is 0 Å². The van der Waals surface area contributed by atoms with Gasteiger partial charge in [0.2, 0.25) is 0 Å². The van der Waals surface area contributed by atoms with Gasteiger partial charge in [0.05, 0.1) is 7.11 Å². The third-order valence-corrected chi connectivity index (χ3v) is 0.686. The van der Waals surface area contributed by atoms with Crippen LogP contribution >= 0.6 is 0 Å². The SMILES string of the molecule is COOS(=O)(=O)OF. The molecule has 0 saturated carbocycles. The standard InChI is InChI=1S/CH3FO5S/c1-5-7-8(3,4)6-2/h1H3. The number of halogens is 1. The zero-order valence-electron chi connectivity index (χ0n) is 3.83. The van der Waals surface area contributed by atoms with Crippen molar-refractivity contribution in [3.05, 3.63) is 0 Å². The molecule has 0 atom stereocenters. The summed E-state index contributed by atoms with van der Waals surface area (Å²) in [7, 11) is -3.66. The van der Waals surface area contributed by atoms with Crippen molar-refractivity contribution in [2.75, 3.05) is 7.11 Å². The van der Waals surface area contributed by atoms with Crippen LogP contribution in [0.2, 0.25) is 0 Å². The molecule has 0 aromatic heterocycles. The maximum atomic E-state index is 10.7. The van der Waals surface area contributed by atoms with Crippen LogP contribution in [0.3, 0.4) is 0 Å². The number of hydrogen-bond acceptors (Lipinski definition) is 5. The summed E-state index contributed by atoms with van der Waals surface area (Å²) in [5.74, 6) is 0. The fraction of sp³-hybridized carbons (Fsp3) is 1.00. The Hall–Kier alpha value is -0.240. The first-order valence-corrected chi connectivity index (χ1v) is 2.73. The first-order chi connectivity index (χ1) is 3.62. The Morgan fingerprint density at radius 1 is 1.50 bits per heavy atom. The summed E-state index contributed by atoms with van der Waals surface area (Å²) < 4.78 is 35.5. The van der Waals surface area contributed by atoms with Gasteiger partial charge in [-0.05, 0) is 8.91 Å². The molecular formula is CH3FO5S. The largest absolute Gasteiger partial charge is 0.457 e. The average Bonchev–Trinajstić information content (AvgIpc) is 1.67. The van der Waals surface area contributed by atoms with E-state index in [1.54, 1.807) is 0 Å². The summed E-state index contributed by atoms with van der Waals surface area (Å²) in [6.45, 7) is 0. The third-order valence-electron chi connectivity index (χ3n) is 0.229. The first kappa shape index (κ1) is 7.76. The molecule has 0 aromatic carbocycles. The van der Waals surface area contributed by atoms with Crippen LogP contribution in [-0.4, -0.2) is 15.5 Å². The Bertz CT molecular complexity index is 137. The fourth-order valence-electron chi connectivity index (χ4n) is 0.0938. The maximum absolute atomic E-state index is 10.7. The van der Waals surface area contributed by atoms with Gasteiger partial charge in [0.25, 0.3) is 0 Å². The summed E-state index contributed by atoms with van der Waals surface area (Å²) in [4.78, 5) is 3.54. The van der Waals surface area contributed by atoms with Gasteiger partial charge in [-0.2, -0.15) is 8.42 Å². The van der Waals surface area contributed by atoms with E-state index in [-0.39, 0.29) is 0 Å². The van der Waals surface area contributed by atoms with E-state index >= 15 is 0 Å². The molecule has 0 radical (unpaired) electrons. The van der Waals surface area contributed by atoms with Crippen LogP contribution < -0.4 is 0 Å². The van der Waals surface area contributed by atoms with E-state index in [0.29, 0.717) is 0 Å². The second-order valence-corrected chi connectivity index (χ2v) is 1.78. The molecule has 0 N–H and O–H groups in total. The minimum Gasteiger partial charge on any atom is -0.221 e. The van der Waals surface area contributed by atoms with Gasteiger partial charge in [0.1, 0.15) is 0 Å². The van der Waals surface area contributed by atoms with E-state index in [0.717, 1.165) is 7.11 Å². The molecule has 0 aliphatic heterocycles. The van der Waals surface area contributed by atoms with Gasteiger partial charge in [-0.25, -0.2) is 4.89 Å². The lowest BCUT2D eigenvalue weighted by atomic mass is 11.8. The van der Waals surface area contributed by atoms with Gasteiger partial charge in [-0.3, -0.25) is 0 Å². The zero-order chi connectivity index (χ0) is 6.62. The van der Waals surface area contributed by atoms with Gasteiger partial charge in [-0.15, -0.1) is 0 Å². The molecule has 0 aliphatic rings. The minimum atomic E-state index is -4.56. The Morgan fingerprint density at radius 2 is 2.00 bits per heavy atom. The van der Waals surface area contributed by atoms with Crippen molar-refractivity contribution in [1.82, 2.24) is 0 Å². The van der Waals surface area contributed by atoms with Crippen molar-refractivity contribution in [1.29, 1.82) is 0 Å². The van der Waals surface area contributed by atoms with Gasteiger partial charge < -0.3 is 0 Å². The summed E-state index contributed by atoms with van der Waals surface area (Å²) in [5, 5.41) is 0. The minimum absolute atomic E-state index is 0.899. The highest BCUT2D eigenvalue weighted by Gasteiger charge is 2.11. The van der Waals surface area contributed by atoms with Crippen molar-refractivity contribution in [2.24, 2.45) is 0 Å². The van der Waals surface area contributed by atoms with Crippen LogP contribution in [0, 0.1) is 0 Å². The predicted octanol–water partition coefficient (Wildman–Crippen LogP) is -0.290. The van der Waals surface area contributed by atoms with Crippen LogP contribution in [0.15, 0.2) is 0 Å². The van der Waals surface area contributed by atoms with Gasteiger partial charge in [0.15, 0.2) is 0 Å². The van der Waals surface area contributed by atoms with Crippen molar-refractivity contribution in [2.45, 2.75) is 0 Å². The highest BCUT2D eigenvalue weighted by Crippen LogP contribution is 1.93. The molecule has 7 heteroatoms. The summed E-state index contributed by atoms with van der Waals surface area (Å²) in [5.41, 5.74) is 0. The van der Waals surface area contributed by atoms with Crippen molar-refractivity contribution >= 4 is 10.4 Å². The lowest BCUT2D eigenvalue weighted by Gasteiger charge is -1.90. The quantitative estimate of drug-likeness (QED) is 0.404. The molecule has 0 unspecified atom stereocenters. The molecule has 0 aromatic rings. The maximum Gasteiger partial charge on any atom is 0.457 e. The Kier molecular flexibility index (Phi) is 2.84. The second-order valence-electron chi connectivity index (χ2n) is 0.706. The normalized spacial score (nSPS) is 11.8. The molecule has 0 rings (SSSR count). The molecule has 5 nitrogen and oxygen atoms in total. The molecule has 0 heterocycles. The summed E-state index contributed by atoms with van der Waals surface area (Å²) in [6.07, 6.45) is 0. The Morgan fingerprint density at radius 3 is 2.12 bits per heavy atom.